The van der Waals surface area contributed by atoms with Crippen molar-refractivity contribution in [2.24, 2.45) is 11.3 Å². The molecule has 2 atom stereocenters. The number of aliphatic carboxylic acids is 1. The molecule has 0 spiro atoms. The highest BCUT2D eigenvalue weighted by atomic mass is 16.4. The highest BCUT2D eigenvalue weighted by Gasteiger charge is 2.52. The Balaban J connectivity index is 2.96. The Kier molecular flexibility index (Phi) is 2.91. The number of carboxylic acid groups (broad SMARTS) is 1. The summed E-state index contributed by atoms with van der Waals surface area (Å²) in [7, 11) is 0. The van der Waals surface area contributed by atoms with Crippen molar-refractivity contribution in [2.75, 3.05) is 0 Å². The molecule has 0 bridgehead atoms. The van der Waals surface area contributed by atoms with Crippen LogP contribution in [0.15, 0.2) is 0 Å². The minimum absolute atomic E-state index is 0.0716. The summed E-state index contributed by atoms with van der Waals surface area (Å²) in [5.41, 5.74) is -2.09. The number of hydrogen-bond acceptors (Lipinski definition) is 2. The summed E-state index contributed by atoms with van der Waals surface area (Å²) in [6.45, 7) is 5.19. The van der Waals surface area contributed by atoms with Crippen LogP contribution in [0.25, 0.3) is 0 Å². The van der Waals surface area contributed by atoms with E-state index < -0.39 is 17.0 Å². The van der Waals surface area contributed by atoms with E-state index in [4.69, 9.17) is 5.11 Å². The van der Waals surface area contributed by atoms with E-state index in [0.717, 1.165) is 19.3 Å². The lowest BCUT2D eigenvalue weighted by Crippen LogP contribution is -2.55. The molecule has 3 nitrogen and oxygen atoms in total. The van der Waals surface area contributed by atoms with Crippen molar-refractivity contribution in [1.82, 2.24) is 0 Å². The van der Waals surface area contributed by atoms with Crippen LogP contribution in [0.3, 0.4) is 0 Å². The first kappa shape index (κ1) is 11.5. The van der Waals surface area contributed by atoms with Gasteiger partial charge < -0.3 is 10.2 Å². The summed E-state index contributed by atoms with van der Waals surface area (Å²) in [5.74, 6) is -0.837. The van der Waals surface area contributed by atoms with Gasteiger partial charge in [0.25, 0.3) is 0 Å². The van der Waals surface area contributed by atoms with Crippen molar-refractivity contribution in [1.29, 1.82) is 0 Å². The van der Waals surface area contributed by atoms with Gasteiger partial charge in [0.05, 0.1) is 11.0 Å². The number of carbonyl (C=O) groups is 1. The second-order valence-corrected chi connectivity index (χ2v) is 5.00. The molecule has 0 saturated heterocycles. The summed E-state index contributed by atoms with van der Waals surface area (Å²) < 4.78 is 0. The van der Waals surface area contributed by atoms with Gasteiger partial charge in [0.1, 0.15) is 0 Å². The Morgan fingerprint density at radius 1 is 1.43 bits per heavy atom. The zero-order valence-corrected chi connectivity index (χ0v) is 9.21. The van der Waals surface area contributed by atoms with Crippen LogP contribution in [0.1, 0.15) is 46.5 Å². The van der Waals surface area contributed by atoms with Gasteiger partial charge in [-0.15, -0.1) is 0 Å². The lowest BCUT2D eigenvalue weighted by atomic mass is 9.62. The number of carboxylic acids is 1. The van der Waals surface area contributed by atoms with E-state index in [1.165, 1.54) is 0 Å². The molecule has 1 rings (SSSR count). The van der Waals surface area contributed by atoms with Crippen LogP contribution in [0.2, 0.25) is 0 Å². The van der Waals surface area contributed by atoms with E-state index in [1.807, 2.05) is 6.92 Å². The van der Waals surface area contributed by atoms with Gasteiger partial charge in [-0.05, 0) is 32.6 Å². The molecule has 3 heteroatoms. The lowest BCUT2D eigenvalue weighted by Gasteiger charge is -2.46. The molecule has 82 valence electrons. The van der Waals surface area contributed by atoms with Gasteiger partial charge in [0.15, 0.2) is 0 Å². The second-order valence-electron chi connectivity index (χ2n) is 5.00. The zero-order valence-electron chi connectivity index (χ0n) is 9.21. The number of aliphatic hydroxyl groups is 1. The van der Waals surface area contributed by atoms with Crippen LogP contribution in [-0.4, -0.2) is 21.8 Å². The van der Waals surface area contributed by atoms with E-state index in [-0.39, 0.29) is 5.92 Å². The molecule has 14 heavy (non-hydrogen) atoms. The quantitative estimate of drug-likeness (QED) is 0.717. The molecule has 0 amide bonds. The third-order valence-corrected chi connectivity index (χ3v) is 3.88. The summed E-state index contributed by atoms with van der Waals surface area (Å²) in [5, 5.41) is 19.6. The van der Waals surface area contributed by atoms with E-state index in [9.17, 15) is 9.90 Å². The van der Waals surface area contributed by atoms with E-state index in [1.54, 1.807) is 13.8 Å². The smallest absolute Gasteiger partial charge is 0.312 e. The Labute approximate surface area is 85.1 Å². The SMILES string of the molecule is C[C@H]1CCCC[C@]1(O)C(C)(C)C(=O)O. The Morgan fingerprint density at radius 2 is 2.00 bits per heavy atom. The monoisotopic (exact) mass is 200 g/mol. The molecule has 1 fully saturated rings. The molecular formula is C11H20O3. The molecular weight excluding hydrogens is 180 g/mol. The van der Waals surface area contributed by atoms with Crippen molar-refractivity contribution in [2.45, 2.75) is 52.1 Å². The number of rotatable bonds is 2. The molecule has 0 aliphatic heterocycles. The Bertz CT molecular complexity index is 235. The second kappa shape index (κ2) is 3.54. The maximum absolute atomic E-state index is 11.1. The van der Waals surface area contributed by atoms with Crippen molar-refractivity contribution >= 4 is 5.97 Å². The molecule has 0 unspecified atom stereocenters. The van der Waals surface area contributed by atoms with Crippen LogP contribution in [0, 0.1) is 11.3 Å². The molecule has 1 aliphatic rings. The molecule has 1 saturated carbocycles. The van der Waals surface area contributed by atoms with Crippen LogP contribution in [-0.2, 0) is 4.79 Å². The molecule has 1 aliphatic carbocycles. The summed E-state index contributed by atoms with van der Waals surface area (Å²) >= 11 is 0. The summed E-state index contributed by atoms with van der Waals surface area (Å²) in [6.07, 6.45) is 3.55. The predicted molar refractivity (Wildman–Crippen MR) is 54.0 cm³/mol. The van der Waals surface area contributed by atoms with Crippen LogP contribution >= 0.6 is 0 Å². The highest BCUT2D eigenvalue weighted by Crippen LogP contribution is 2.45. The standard InChI is InChI=1S/C11H20O3/c1-8-6-4-5-7-11(8,14)10(2,3)9(12)13/h8,14H,4-7H2,1-3H3,(H,12,13)/t8-,11+/m0/s1. The largest absolute Gasteiger partial charge is 0.481 e. The highest BCUT2D eigenvalue weighted by molar-refractivity contribution is 5.75. The van der Waals surface area contributed by atoms with E-state index >= 15 is 0 Å². The van der Waals surface area contributed by atoms with Crippen LogP contribution in [0.4, 0.5) is 0 Å². The van der Waals surface area contributed by atoms with E-state index in [2.05, 4.69) is 0 Å². The first-order valence-electron chi connectivity index (χ1n) is 5.28. The van der Waals surface area contributed by atoms with Crippen LogP contribution < -0.4 is 0 Å². The minimum atomic E-state index is -1.05. The Morgan fingerprint density at radius 3 is 2.43 bits per heavy atom. The van der Waals surface area contributed by atoms with Crippen molar-refractivity contribution < 1.29 is 15.0 Å². The molecule has 0 heterocycles. The van der Waals surface area contributed by atoms with Gasteiger partial charge in [-0.1, -0.05) is 19.8 Å². The topological polar surface area (TPSA) is 57.5 Å². The third-order valence-electron chi connectivity index (χ3n) is 3.88. The molecule has 0 aromatic rings. The van der Waals surface area contributed by atoms with Gasteiger partial charge >= 0.3 is 5.97 Å². The maximum Gasteiger partial charge on any atom is 0.312 e. The Hall–Kier alpha value is -0.570. The molecule has 2 N–H and O–H groups in total. The fourth-order valence-corrected chi connectivity index (χ4v) is 2.44. The van der Waals surface area contributed by atoms with Gasteiger partial charge in [-0.3, -0.25) is 4.79 Å². The first-order chi connectivity index (χ1) is 6.32. The molecule has 0 radical (unpaired) electrons. The minimum Gasteiger partial charge on any atom is -0.481 e. The normalized spacial score (nSPS) is 34.1. The van der Waals surface area contributed by atoms with Gasteiger partial charge in [0.2, 0.25) is 0 Å². The first-order valence-corrected chi connectivity index (χ1v) is 5.28. The zero-order chi connectivity index (χ0) is 11.0. The average Bonchev–Trinajstić information content (AvgIpc) is 2.09. The van der Waals surface area contributed by atoms with Gasteiger partial charge in [0, 0.05) is 0 Å². The lowest BCUT2D eigenvalue weighted by molar-refractivity contribution is -0.178. The fourth-order valence-electron chi connectivity index (χ4n) is 2.44. The van der Waals surface area contributed by atoms with Crippen molar-refractivity contribution in [3.05, 3.63) is 0 Å². The fraction of sp³-hybridized carbons (Fsp3) is 0.909. The van der Waals surface area contributed by atoms with E-state index in [0.29, 0.717) is 6.42 Å². The van der Waals surface area contributed by atoms with Gasteiger partial charge in [-0.25, -0.2) is 0 Å². The molecule has 0 aromatic heterocycles. The summed E-state index contributed by atoms with van der Waals surface area (Å²) in [6, 6.07) is 0. The summed E-state index contributed by atoms with van der Waals surface area (Å²) in [4.78, 5) is 11.1. The molecule has 0 aromatic carbocycles. The predicted octanol–water partition coefficient (Wildman–Crippen LogP) is 2.04. The van der Waals surface area contributed by atoms with Crippen LogP contribution in [0.5, 0.6) is 0 Å². The number of hydrogen-bond donors (Lipinski definition) is 2. The van der Waals surface area contributed by atoms with Crippen molar-refractivity contribution in [3.8, 4) is 0 Å². The van der Waals surface area contributed by atoms with Crippen molar-refractivity contribution in [3.63, 3.8) is 0 Å². The van der Waals surface area contributed by atoms with Gasteiger partial charge in [-0.2, -0.15) is 0 Å². The maximum atomic E-state index is 11.1. The third kappa shape index (κ3) is 1.54. The average molecular weight is 200 g/mol.